The summed E-state index contributed by atoms with van der Waals surface area (Å²) in [4.78, 5) is 13.7. The number of nitrogens with one attached hydrogen (secondary N) is 1. The zero-order chi connectivity index (χ0) is 13.8. The van der Waals surface area contributed by atoms with Gasteiger partial charge in [-0.3, -0.25) is 0 Å². The smallest absolute Gasteiger partial charge is 0.322 e. The maximum Gasteiger partial charge on any atom is 0.322 e. The molecule has 1 aromatic rings. The lowest BCUT2D eigenvalue weighted by atomic mass is 10.3. The van der Waals surface area contributed by atoms with E-state index in [1.807, 2.05) is 0 Å². The molecule has 7 heteroatoms. The number of urea groups is 1. The molecule has 0 unspecified atom stereocenters. The third-order valence-electron chi connectivity index (χ3n) is 2.87. The van der Waals surface area contributed by atoms with Gasteiger partial charge in [0.2, 0.25) is 0 Å². The lowest BCUT2D eigenvalue weighted by Crippen LogP contribution is -2.49. The summed E-state index contributed by atoms with van der Waals surface area (Å²) in [6.07, 6.45) is 0. The van der Waals surface area contributed by atoms with E-state index in [0.717, 1.165) is 11.8 Å². The third-order valence-corrected chi connectivity index (χ3v) is 4.28. The highest BCUT2D eigenvalue weighted by atomic mass is 35.5. The molecule has 104 valence electrons. The van der Waals surface area contributed by atoms with Gasteiger partial charge in [0.05, 0.1) is 23.4 Å². The molecule has 4 nitrogen and oxygen atoms in total. The molecule has 19 heavy (non-hydrogen) atoms. The van der Waals surface area contributed by atoms with Gasteiger partial charge in [0.1, 0.15) is 5.82 Å². The molecule has 2 amide bonds. The van der Waals surface area contributed by atoms with Crippen LogP contribution in [0.25, 0.3) is 0 Å². The molecule has 1 heterocycles. The fourth-order valence-electron chi connectivity index (χ4n) is 1.85. The van der Waals surface area contributed by atoms with Crippen molar-refractivity contribution in [1.82, 2.24) is 4.90 Å². The fraction of sp³-hybridized carbons (Fsp3) is 0.417. The number of benzene rings is 1. The standard InChI is InChI=1S/C12H14ClFN2O2S/c13-10-5-8(14)1-2-11(10)15-12(18)16-3-4-19-7-9(16)6-17/h1-2,5,9,17H,3-4,6-7H2,(H,15,18)/t9-/m1/s1. The first-order valence-corrected chi connectivity index (χ1v) is 7.36. The Kier molecular flexibility index (Phi) is 4.90. The largest absolute Gasteiger partial charge is 0.394 e. The first-order chi connectivity index (χ1) is 9.11. The van der Waals surface area contributed by atoms with E-state index in [1.54, 1.807) is 16.7 Å². The van der Waals surface area contributed by atoms with Gasteiger partial charge in [-0.05, 0) is 18.2 Å². The normalized spacial score (nSPS) is 19.3. The number of hydrogen-bond donors (Lipinski definition) is 2. The summed E-state index contributed by atoms with van der Waals surface area (Å²) in [5, 5.41) is 12.0. The predicted molar refractivity (Wildman–Crippen MR) is 75.3 cm³/mol. The Morgan fingerprint density at radius 1 is 1.63 bits per heavy atom. The number of aliphatic hydroxyl groups is 1. The van der Waals surface area contributed by atoms with E-state index < -0.39 is 5.82 Å². The van der Waals surface area contributed by atoms with Crippen molar-refractivity contribution in [3.8, 4) is 0 Å². The zero-order valence-electron chi connectivity index (χ0n) is 10.1. The van der Waals surface area contributed by atoms with Crippen LogP contribution in [-0.2, 0) is 0 Å². The van der Waals surface area contributed by atoms with Crippen LogP contribution < -0.4 is 5.32 Å². The number of hydrogen-bond acceptors (Lipinski definition) is 3. The minimum atomic E-state index is -0.453. The highest BCUT2D eigenvalue weighted by Crippen LogP contribution is 2.24. The molecule has 2 N–H and O–H groups in total. The Hall–Kier alpha value is -0.980. The summed E-state index contributed by atoms with van der Waals surface area (Å²) in [6.45, 7) is 0.498. The van der Waals surface area contributed by atoms with Gasteiger partial charge in [-0.15, -0.1) is 0 Å². The lowest BCUT2D eigenvalue weighted by Gasteiger charge is -2.34. The number of thioether (sulfide) groups is 1. The number of rotatable bonds is 2. The lowest BCUT2D eigenvalue weighted by molar-refractivity contribution is 0.154. The Morgan fingerprint density at radius 2 is 2.42 bits per heavy atom. The summed E-state index contributed by atoms with van der Waals surface area (Å²) < 4.78 is 12.9. The van der Waals surface area contributed by atoms with Crippen molar-refractivity contribution >= 4 is 35.1 Å². The van der Waals surface area contributed by atoms with Crippen molar-refractivity contribution in [3.63, 3.8) is 0 Å². The van der Waals surface area contributed by atoms with E-state index >= 15 is 0 Å². The van der Waals surface area contributed by atoms with Gasteiger partial charge < -0.3 is 15.3 Å². The number of carbonyl (C=O) groups is 1. The quantitative estimate of drug-likeness (QED) is 0.882. The van der Waals surface area contributed by atoms with Crippen LogP contribution in [0.3, 0.4) is 0 Å². The van der Waals surface area contributed by atoms with Crippen LogP contribution in [0.1, 0.15) is 0 Å². The molecular formula is C12H14ClFN2O2S. The Balaban J connectivity index is 2.07. The number of aliphatic hydroxyl groups excluding tert-OH is 1. The van der Waals surface area contributed by atoms with Gasteiger partial charge in [0.25, 0.3) is 0 Å². The van der Waals surface area contributed by atoms with Crippen LogP contribution in [-0.4, -0.2) is 46.7 Å². The highest BCUT2D eigenvalue weighted by molar-refractivity contribution is 7.99. The van der Waals surface area contributed by atoms with Crippen molar-refractivity contribution in [2.24, 2.45) is 0 Å². The van der Waals surface area contributed by atoms with Crippen molar-refractivity contribution in [1.29, 1.82) is 0 Å². The second-order valence-corrected chi connectivity index (χ2v) is 5.72. The zero-order valence-corrected chi connectivity index (χ0v) is 11.7. The van der Waals surface area contributed by atoms with Crippen LogP contribution in [0.4, 0.5) is 14.9 Å². The number of amides is 2. The highest BCUT2D eigenvalue weighted by Gasteiger charge is 2.26. The van der Waals surface area contributed by atoms with Gasteiger partial charge in [0.15, 0.2) is 0 Å². The van der Waals surface area contributed by atoms with E-state index in [0.29, 0.717) is 18.0 Å². The molecule has 0 spiro atoms. The van der Waals surface area contributed by atoms with Crippen molar-refractivity contribution < 1.29 is 14.3 Å². The van der Waals surface area contributed by atoms with Crippen molar-refractivity contribution in [3.05, 3.63) is 29.0 Å². The molecule has 0 radical (unpaired) electrons. The second-order valence-electron chi connectivity index (χ2n) is 4.16. The summed E-state index contributed by atoms with van der Waals surface area (Å²) >= 11 is 7.56. The Morgan fingerprint density at radius 3 is 3.11 bits per heavy atom. The van der Waals surface area contributed by atoms with Crippen LogP contribution >= 0.6 is 23.4 Å². The average Bonchev–Trinajstić information content (AvgIpc) is 2.41. The molecule has 0 aromatic heterocycles. The molecule has 1 fully saturated rings. The predicted octanol–water partition coefficient (Wildman–Crippen LogP) is 2.42. The summed E-state index contributed by atoms with van der Waals surface area (Å²) in [7, 11) is 0. The molecular weight excluding hydrogens is 291 g/mol. The minimum Gasteiger partial charge on any atom is -0.394 e. The van der Waals surface area contributed by atoms with E-state index in [-0.39, 0.29) is 23.7 Å². The Labute approximate surface area is 119 Å². The SMILES string of the molecule is O=C(Nc1ccc(F)cc1Cl)N1CCSC[C@H]1CO. The van der Waals surface area contributed by atoms with Crippen molar-refractivity contribution in [2.75, 3.05) is 30.0 Å². The number of nitrogens with zero attached hydrogens (tertiary/aromatic N) is 1. The topological polar surface area (TPSA) is 52.6 Å². The van der Waals surface area contributed by atoms with Crippen LogP contribution in [0.5, 0.6) is 0 Å². The molecule has 1 aliphatic rings. The molecule has 1 aromatic carbocycles. The average molecular weight is 305 g/mol. The molecule has 1 aliphatic heterocycles. The maximum atomic E-state index is 12.9. The summed E-state index contributed by atoms with van der Waals surface area (Å²) in [6, 6.07) is 3.28. The van der Waals surface area contributed by atoms with Gasteiger partial charge in [-0.1, -0.05) is 11.6 Å². The van der Waals surface area contributed by atoms with E-state index in [9.17, 15) is 14.3 Å². The molecule has 1 saturated heterocycles. The molecule has 2 rings (SSSR count). The van der Waals surface area contributed by atoms with Crippen molar-refractivity contribution in [2.45, 2.75) is 6.04 Å². The van der Waals surface area contributed by atoms with E-state index in [2.05, 4.69) is 5.32 Å². The maximum absolute atomic E-state index is 12.9. The molecule has 0 bridgehead atoms. The molecule has 0 aliphatic carbocycles. The second kappa shape index (κ2) is 6.45. The minimum absolute atomic E-state index is 0.0719. The number of anilines is 1. The first-order valence-electron chi connectivity index (χ1n) is 5.83. The first kappa shape index (κ1) is 14.4. The van der Waals surface area contributed by atoms with E-state index in [1.165, 1.54) is 12.1 Å². The Bertz CT molecular complexity index is 475. The third kappa shape index (κ3) is 3.52. The van der Waals surface area contributed by atoms with Gasteiger partial charge in [-0.2, -0.15) is 11.8 Å². The van der Waals surface area contributed by atoms with Gasteiger partial charge in [-0.25, -0.2) is 9.18 Å². The fourth-order valence-corrected chi connectivity index (χ4v) is 3.12. The summed E-state index contributed by atoms with van der Waals surface area (Å²) in [5.41, 5.74) is 0.364. The van der Waals surface area contributed by atoms with E-state index in [4.69, 9.17) is 11.6 Å². The van der Waals surface area contributed by atoms with Gasteiger partial charge >= 0.3 is 6.03 Å². The number of halogens is 2. The molecule has 1 atom stereocenters. The number of carbonyl (C=O) groups excluding carboxylic acids is 1. The van der Waals surface area contributed by atoms with Crippen LogP contribution in [0, 0.1) is 5.82 Å². The van der Waals surface area contributed by atoms with Crippen LogP contribution in [0.15, 0.2) is 18.2 Å². The monoisotopic (exact) mass is 304 g/mol. The molecule has 0 saturated carbocycles. The van der Waals surface area contributed by atoms with Gasteiger partial charge in [0, 0.05) is 18.1 Å². The summed E-state index contributed by atoms with van der Waals surface area (Å²) in [5.74, 6) is 1.09. The van der Waals surface area contributed by atoms with Crippen LogP contribution in [0.2, 0.25) is 5.02 Å².